The number of H-pyrrole nitrogens is 1. The highest BCUT2D eigenvalue weighted by molar-refractivity contribution is 5.88. The highest BCUT2D eigenvalue weighted by Gasteiger charge is 1.97. The zero-order valence-electron chi connectivity index (χ0n) is 6.90. The standard InChI is InChI=1S/C10H8N2O/c13-6-2-5-8-3-1-4-9-7-11-12-10(8)9/h1-7H,(H,11,12)/b5-2+. The van der Waals surface area contributed by atoms with Gasteiger partial charge < -0.3 is 0 Å². The summed E-state index contributed by atoms with van der Waals surface area (Å²) >= 11 is 0. The van der Waals surface area contributed by atoms with Crippen molar-refractivity contribution in [1.29, 1.82) is 0 Å². The Morgan fingerprint density at radius 3 is 3.15 bits per heavy atom. The van der Waals surface area contributed by atoms with Crippen molar-refractivity contribution in [2.24, 2.45) is 0 Å². The molecule has 13 heavy (non-hydrogen) atoms. The van der Waals surface area contributed by atoms with E-state index in [4.69, 9.17) is 0 Å². The Balaban J connectivity index is 2.60. The topological polar surface area (TPSA) is 45.8 Å². The molecule has 0 bridgehead atoms. The molecule has 0 radical (unpaired) electrons. The van der Waals surface area contributed by atoms with E-state index in [0.717, 1.165) is 22.8 Å². The number of carbonyl (C=O) groups is 1. The number of para-hydroxylation sites is 1. The Morgan fingerprint density at radius 2 is 2.31 bits per heavy atom. The minimum absolute atomic E-state index is 0.759. The third kappa shape index (κ3) is 1.36. The van der Waals surface area contributed by atoms with E-state index in [0.29, 0.717) is 0 Å². The first kappa shape index (κ1) is 7.73. The second-order valence-corrected chi connectivity index (χ2v) is 2.68. The lowest BCUT2D eigenvalue weighted by atomic mass is 10.1. The molecule has 0 atom stereocenters. The first-order valence-corrected chi connectivity index (χ1v) is 3.96. The molecule has 0 aliphatic carbocycles. The number of aldehydes is 1. The normalized spacial score (nSPS) is 11.1. The Morgan fingerprint density at radius 1 is 1.38 bits per heavy atom. The molecule has 2 aromatic rings. The summed E-state index contributed by atoms with van der Waals surface area (Å²) in [5.74, 6) is 0. The van der Waals surface area contributed by atoms with Crippen LogP contribution in [0.25, 0.3) is 17.0 Å². The Bertz CT molecular complexity index is 457. The van der Waals surface area contributed by atoms with Gasteiger partial charge in [-0.05, 0) is 12.2 Å². The number of nitrogens with zero attached hydrogens (tertiary/aromatic N) is 1. The predicted molar refractivity (Wildman–Crippen MR) is 51.2 cm³/mol. The van der Waals surface area contributed by atoms with E-state index in [1.165, 1.54) is 6.08 Å². The van der Waals surface area contributed by atoms with E-state index in [2.05, 4.69) is 10.2 Å². The molecule has 3 heteroatoms. The highest BCUT2D eigenvalue weighted by Crippen LogP contribution is 2.16. The second-order valence-electron chi connectivity index (χ2n) is 2.68. The summed E-state index contributed by atoms with van der Waals surface area (Å²) in [4.78, 5) is 10.1. The van der Waals surface area contributed by atoms with Gasteiger partial charge in [-0.15, -0.1) is 0 Å². The highest BCUT2D eigenvalue weighted by atomic mass is 16.1. The zero-order chi connectivity index (χ0) is 9.10. The summed E-state index contributed by atoms with van der Waals surface area (Å²) in [6.07, 6.45) is 5.74. The van der Waals surface area contributed by atoms with Gasteiger partial charge in [0, 0.05) is 10.9 Å². The SMILES string of the molecule is O=C/C=C/c1cccc2cn[nH]c12. The summed E-state index contributed by atoms with van der Waals surface area (Å²) in [6, 6.07) is 5.83. The number of aromatic amines is 1. The fraction of sp³-hybridized carbons (Fsp3) is 0. The molecule has 0 amide bonds. The van der Waals surface area contributed by atoms with E-state index in [1.807, 2.05) is 18.2 Å². The van der Waals surface area contributed by atoms with Gasteiger partial charge in [0.1, 0.15) is 6.29 Å². The van der Waals surface area contributed by atoms with Crippen molar-refractivity contribution in [2.75, 3.05) is 0 Å². The zero-order valence-corrected chi connectivity index (χ0v) is 6.90. The van der Waals surface area contributed by atoms with Crippen molar-refractivity contribution >= 4 is 23.3 Å². The molecule has 2 rings (SSSR count). The maximum absolute atomic E-state index is 10.1. The molecule has 0 spiro atoms. The largest absolute Gasteiger partial charge is 0.299 e. The predicted octanol–water partition coefficient (Wildman–Crippen LogP) is 1.77. The van der Waals surface area contributed by atoms with Crippen LogP contribution < -0.4 is 0 Å². The van der Waals surface area contributed by atoms with E-state index >= 15 is 0 Å². The van der Waals surface area contributed by atoms with Gasteiger partial charge in [-0.3, -0.25) is 9.89 Å². The quantitative estimate of drug-likeness (QED) is 0.554. The molecule has 0 saturated heterocycles. The minimum Gasteiger partial charge on any atom is -0.299 e. The molecule has 1 heterocycles. The average molecular weight is 172 g/mol. The van der Waals surface area contributed by atoms with Gasteiger partial charge >= 0.3 is 0 Å². The van der Waals surface area contributed by atoms with Crippen molar-refractivity contribution in [1.82, 2.24) is 10.2 Å². The Hall–Kier alpha value is -1.90. The van der Waals surface area contributed by atoms with Crippen LogP contribution in [0, 0.1) is 0 Å². The van der Waals surface area contributed by atoms with Crippen LogP contribution in [0.15, 0.2) is 30.5 Å². The number of fused-ring (bicyclic) bond motifs is 1. The van der Waals surface area contributed by atoms with Gasteiger partial charge in [0.25, 0.3) is 0 Å². The number of nitrogens with one attached hydrogen (secondary N) is 1. The van der Waals surface area contributed by atoms with Crippen LogP contribution >= 0.6 is 0 Å². The van der Waals surface area contributed by atoms with Crippen LogP contribution in [0.1, 0.15) is 5.56 Å². The number of allylic oxidation sites excluding steroid dienone is 1. The van der Waals surface area contributed by atoms with Gasteiger partial charge in [0.15, 0.2) is 0 Å². The second kappa shape index (κ2) is 3.23. The Labute approximate surface area is 75.1 Å². The van der Waals surface area contributed by atoms with Crippen LogP contribution in [-0.4, -0.2) is 16.5 Å². The summed E-state index contributed by atoms with van der Waals surface area (Å²) in [5.41, 5.74) is 1.93. The van der Waals surface area contributed by atoms with Gasteiger partial charge in [-0.2, -0.15) is 5.10 Å². The number of hydrogen-bond donors (Lipinski definition) is 1. The van der Waals surface area contributed by atoms with E-state index in [-0.39, 0.29) is 0 Å². The maximum atomic E-state index is 10.1. The van der Waals surface area contributed by atoms with E-state index < -0.39 is 0 Å². The van der Waals surface area contributed by atoms with Crippen molar-refractivity contribution in [2.45, 2.75) is 0 Å². The van der Waals surface area contributed by atoms with Crippen molar-refractivity contribution in [3.63, 3.8) is 0 Å². The molecular weight excluding hydrogens is 164 g/mol. The molecule has 64 valence electrons. The summed E-state index contributed by atoms with van der Waals surface area (Å²) in [5, 5.41) is 7.85. The molecule has 1 N–H and O–H groups in total. The number of aromatic nitrogens is 2. The van der Waals surface area contributed by atoms with Gasteiger partial charge in [0.05, 0.1) is 11.7 Å². The molecule has 0 aliphatic rings. The van der Waals surface area contributed by atoms with Crippen molar-refractivity contribution < 1.29 is 4.79 Å². The molecule has 3 nitrogen and oxygen atoms in total. The fourth-order valence-electron chi connectivity index (χ4n) is 1.27. The van der Waals surface area contributed by atoms with E-state index in [1.54, 1.807) is 12.3 Å². The average Bonchev–Trinajstić information content (AvgIpc) is 2.62. The van der Waals surface area contributed by atoms with Gasteiger partial charge in [-0.25, -0.2) is 0 Å². The molecule has 1 aromatic carbocycles. The number of carbonyl (C=O) groups excluding carboxylic acids is 1. The smallest absolute Gasteiger partial charge is 0.142 e. The summed E-state index contributed by atoms with van der Waals surface area (Å²) in [6.45, 7) is 0. The monoisotopic (exact) mass is 172 g/mol. The van der Waals surface area contributed by atoms with Crippen LogP contribution in [0.4, 0.5) is 0 Å². The van der Waals surface area contributed by atoms with Crippen LogP contribution in [0.3, 0.4) is 0 Å². The van der Waals surface area contributed by atoms with Gasteiger partial charge in [-0.1, -0.05) is 18.2 Å². The van der Waals surface area contributed by atoms with Crippen LogP contribution in [-0.2, 0) is 4.79 Å². The summed E-state index contributed by atoms with van der Waals surface area (Å²) in [7, 11) is 0. The lowest BCUT2D eigenvalue weighted by Crippen LogP contribution is -1.76. The Kier molecular flexibility index (Phi) is 1.92. The molecule has 0 unspecified atom stereocenters. The van der Waals surface area contributed by atoms with Gasteiger partial charge in [0.2, 0.25) is 0 Å². The first-order valence-electron chi connectivity index (χ1n) is 3.96. The van der Waals surface area contributed by atoms with E-state index in [9.17, 15) is 4.79 Å². The van der Waals surface area contributed by atoms with Crippen LogP contribution in [0.2, 0.25) is 0 Å². The first-order chi connectivity index (χ1) is 6.42. The fourth-order valence-corrected chi connectivity index (χ4v) is 1.27. The third-order valence-electron chi connectivity index (χ3n) is 1.86. The molecule has 0 fully saturated rings. The van der Waals surface area contributed by atoms with Crippen LogP contribution in [0.5, 0.6) is 0 Å². The lowest BCUT2D eigenvalue weighted by molar-refractivity contribution is -0.104. The van der Waals surface area contributed by atoms with Crippen molar-refractivity contribution in [3.8, 4) is 0 Å². The molecule has 0 aliphatic heterocycles. The number of benzene rings is 1. The van der Waals surface area contributed by atoms with Crippen molar-refractivity contribution in [3.05, 3.63) is 36.0 Å². The maximum Gasteiger partial charge on any atom is 0.142 e. The third-order valence-corrected chi connectivity index (χ3v) is 1.86. The molecular formula is C10H8N2O. The lowest BCUT2D eigenvalue weighted by Gasteiger charge is -1.93. The number of rotatable bonds is 2. The minimum atomic E-state index is 0.759. The number of hydrogen-bond acceptors (Lipinski definition) is 2. The molecule has 0 saturated carbocycles. The summed E-state index contributed by atoms with van der Waals surface area (Å²) < 4.78 is 0. The molecule has 1 aromatic heterocycles.